The molecule has 10 heteroatoms. The Morgan fingerprint density at radius 3 is 1.65 bits per heavy atom. The van der Waals surface area contributed by atoms with Crippen LogP contribution in [0.2, 0.25) is 5.02 Å². The number of rotatable bonds is 12. The molecule has 2 saturated heterocycles. The lowest BCUT2D eigenvalue weighted by molar-refractivity contribution is -0.120. The van der Waals surface area contributed by atoms with E-state index in [9.17, 15) is 14.0 Å². The summed E-state index contributed by atoms with van der Waals surface area (Å²) in [6, 6.07) is 25.8. The number of hydrogen-bond donors (Lipinski definition) is 2. The molecule has 8 nitrogen and oxygen atoms in total. The van der Waals surface area contributed by atoms with E-state index in [2.05, 4.69) is 10.6 Å². The van der Waals surface area contributed by atoms with Gasteiger partial charge in [0.15, 0.2) is 23.0 Å². The molecule has 6 rings (SSSR count). The Morgan fingerprint density at radius 2 is 1.19 bits per heavy atom. The molecule has 0 bridgehead atoms. The Morgan fingerprint density at radius 1 is 0.667 bits per heavy atom. The lowest BCUT2D eigenvalue weighted by Gasteiger charge is -2.14. The summed E-state index contributed by atoms with van der Waals surface area (Å²) < 4.78 is 35.4. The third-order valence-electron chi connectivity index (χ3n) is 8.37. The Kier molecular flexibility index (Phi) is 12.2. The van der Waals surface area contributed by atoms with Crippen molar-refractivity contribution in [2.24, 2.45) is 0 Å². The van der Waals surface area contributed by atoms with E-state index >= 15 is 0 Å². The fraction of sp³-hybridized carbons (Fsp3) is 0.316. The highest BCUT2D eigenvalue weighted by Crippen LogP contribution is 2.34. The van der Waals surface area contributed by atoms with E-state index in [1.165, 1.54) is 12.1 Å². The highest BCUT2D eigenvalue weighted by molar-refractivity contribution is 6.30. The third-order valence-corrected chi connectivity index (χ3v) is 8.61. The second-order valence-corrected chi connectivity index (χ2v) is 12.1. The van der Waals surface area contributed by atoms with Crippen LogP contribution in [0.5, 0.6) is 23.0 Å². The SMILES string of the molecule is COc1ccc(C2CNC(=O)C2)cc1OCCc1ccc(F)cc1.COc1ccc(C2CNC(=O)C2)cc1OCCc1cccc(Cl)c1. The van der Waals surface area contributed by atoms with Gasteiger partial charge < -0.3 is 29.6 Å². The summed E-state index contributed by atoms with van der Waals surface area (Å²) in [7, 11) is 3.22. The number of nitrogens with one attached hydrogen (secondary N) is 2. The number of halogens is 2. The zero-order valence-corrected chi connectivity index (χ0v) is 27.9. The van der Waals surface area contributed by atoms with Gasteiger partial charge in [0.05, 0.1) is 27.4 Å². The van der Waals surface area contributed by atoms with Crippen LogP contribution in [0.3, 0.4) is 0 Å². The molecular formula is C38H40ClFN2O6. The van der Waals surface area contributed by atoms with Gasteiger partial charge >= 0.3 is 0 Å². The van der Waals surface area contributed by atoms with Crippen LogP contribution >= 0.6 is 11.6 Å². The second kappa shape index (κ2) is 16.9. The average Bonchev–Trinajstić information content (AvgIpc) is 3.74. The minimum atomic E-state index is -0.242. The highest BCUT2D eigenvalue weighted by Gasteiger charge is 2.25. The fourth-order valence-corrected chi connectivity index (χ4v) is 5.92. The van der Waals surface area contributed by atoms with Crippen LogP contribution in [0.1, 0.15) is 46.9 Å². The molecule has 2 atom stereocenters. The lowest BCUT2D eigenvalue weighted by Crippen LogP contribution is -2.13. The van der Waals surface area contributed by atoms with E-state index < -0.39 is 0 Å². The number of methoxy groups -OCH3 is 2. The summed E-state index contributed by atoms with van der Waals surface area (Å²) in [6.07, 6.45) is 2.46. The maximum absolute atomic E-state index is 12.9. The Bertz CT molecular complexity index is 1700. The summed E-state index contributed by atoms with van der Waals surface area (Å²) in [5, 5.41) is 6.43. The number of benzene rings is 4. The Hall–Kier alpha value is -4.76. The highest BCUT2D eigenvalue weighted by atomic mass is 35.5. The van der Waals surface area contributed by atoms with E-state index in [1.807, 2.05) is 60.7 Å². The molecule has 2 amide bonds. The molecule has 2 aliphatic rings. The van der Waals surface area contributed by atoms with Gasteiger partial charge in [0.25, 0.3) is 0 Å². The standard InChI is InChI=1S/C19H20ClNO3.C19H20FNO3/c1-23-17-6-5-14(15-11-19(22)21-12-15)10-18(17)24-8-7-13-3-2-4-16(20)9-13;1-23-17-7-4-14(15-11-19(22)21-12-15)10-18(17)24-9-8-13-2-5-16(20)6-3-13/h2-6,9-10,15H,7-8,11-12H2,1H3,(H,21,22);2-7,10,15H,8-9,11-12H2,1H3,(H,21,22). The minimum Gasteiger partial charge on any atom is -0.493 e. The van der Waals surface area contributed by atoms with Gasteiger partial charge in [0, 0.05) is 55.6 Å². The minimum absolute atomic E-state index is 0.0783. The third kappa shape index (κ3) is 9.64. The first kappa shape index (κ1) is 34.6. The molecule has 48 heavy (non-hydrogen) atoms. The smallest absolute Gasteiger partial charge is 0.220 e. The van der Waals surface area contributed by atoms with Gasteiger partial charge in [-0.05, 0) is 70.8 Å². The number of carbonyl (C=O) groups excluding carboxylic acids is 2. The van der Waals surface area contributed by atoms with Crippen molar-refractivity contribution < 1.29 is 32.9 Å². The molecule has 2 fully saturated rings. The molecular weight excluding hydrogens is 635 g/mol. The van der Waals surface area contributed by atoms with Gasteiger partial charge in [0.2, 0.25) is 11.8 Å². The number of hydrogen-bond acceptors (Lipinski definition) is 6. The van der Waals surface area contributed by atoms with Gasteiger partial charge in [0.1, 0.15) is 5.82 Å². The number of carbonyl (C=O) groups is 2. The van der Waals surface area contributed by atoms with E-state index in [4.69, 9.17) is 30.5 Å². The summed E-state index contributed by atoms with van der Waals surface area (Å²) in [4.78, 5) is 22.8. The fourth-order valence-electron chi connectivity index (χ4n) is 5.70. The van der Waals surface area contributed by atoms with Crippen molar-refractivity contribution in [2.75, 3.05) is 40.5 Å². The predicted octanol–water partition coefficient (Wildman–Crippen LogP) is 6.63. The lowest BCUT2D eigenvalue weighted by atomic mass is 9.98. The van der Waals surface area contributed by atoms with Gasteiger partial charge in [-0.15, -0.1) is 0 Å². The second-order valence-electron chi connectivity index (χ2n) is 11.7. The molecule has 0 aliphatic carbocycles. The zero-order chi connectivity index (χ0) is 33.9. The van der Waals surface area contributed by atoms with Gasteiger partial charge in [-0.1, -0.05) is 48.0 Å². The number of amides is 2. The molecule has 0 radical (unpaired) electrons. The van der Waals surface area contributed by atoms with Crippen LogP contribution in [-0.2, 0) is 22.4 Å². The quantitative estimate of drug-likeness (QED) is 0.175. The largest absolute Gasteiger partial charge is 0.493 e. The van der Waals surface area contributed by atoms with Gasteiger partial charge in [-0.25, -0.2) is 4.39 Å². The monoisotopic (exact) mass is 674 g/mol. The van der Waals surface area contributed by atoms with Crippen LogP contribution in [0.4, 0.5) is 4.39 Å². The molecule has 2 N–H and O–H groups in total. The zero-order valence-electron chi connectivity index (χ0n) is 27.1. The molecule has 2 unspecified atom stereocenters. The Balaban J connectivity index is 0.000000188. The van der Waals surface area contributed by atoms with Gasteiger partial charge in [-0.3, -0.25) is 9.59 Å². The summed E-state index contributed by atoms with van der Waals surface area (Å²) in [5.41, 5.74) is 4.29. The average molecular weight is 675 g/mol. The maximum atomic E-state index is 12.9. The molecule has 0 saturated carbocycles. The molecule has 4 aromatic rings. The molecule has 0 aromatic heterocycles. The van der Waals surface area contributed by atoms with E-state index in [1.54, 1.807) is 26.4 Å². The molecule has 252 valence electrons. The Labute approximate surface area is 285 Å². The van der Waals surface area contributed by atoms with Crippen LogP contribution in [0, 0.1) is 5.82 Å². The van der Waals surface area contributed by atoms with Crippen molar-refractivity contribution in [3.05, 3.63) is 118 Å². The molecule has 2 heterocycles. The summed E-state index contributed by atoms with van der Waals surface area (Å²) in [5.74, 6) is 3.02. The van der Waals surface area contributed by atoms with Crippen molar-refractivity contribution >= 4 is 23.4 Å². The van der Waals surface area contributed by atoms with Gasteiger partial charge in [-0.2, -0.15) is 0 Å². The molecule has 4 aromatic carbocycles. The molecule has 2 aliphatic heterocycles. The van der Waals surface area contributed by atoms with Crippen molar-refractivity contribution in [3.63, 3.8) is 0 Å². The van der Waals surface area contributed by atoms with Crippen molar-refractivity contribution in [3.8, 4) is 23.0 Å². The maximum Gasteiger partial charge on any atom is 0.220 e. The van der Waals surface area contributed by atoms with Crippen LogP contribution in [0.15, 0.2) is 84.9 Å². The first-order chi connectivity index (χ1) is 23.3. The first-order valence-corrected chi connectivity index (χ1v) is 16.3. The van der Waals surface area contributed by atoms with Crippen molar-refractivity contribution in [2.45, 2.75) is 37.5 Å². The predicted molar refractivity (Wildman–Crippen MR) is 183 cm³/mol. The normalized spacial score (nSPS) is 16.8. The van der Waals surface area contributed by atoms with E-state index in [0.29, 0.717) is 68.6 Å². The van der Waals surface area contributed by atoms with E-state index in [-0.39, 0.29) is 29.5 Å². The summed E-state index contributed by atoms with van der Waals surface area (Å²) >= 11 is 6.00. The van der Waals surface area contributed by atoms with Crippen LogP contribution < -0.4 is 29.6 Å². The van der Waals surface area contributed by atoms with Crippen LogP contribution in [-0.4, -0.2) is 52.3 Å². The van der Waals surface area contributed by atoms with Crippen molar-refractivity contribution in [1.82, 2.24) is 10.6 Å². The van der Waals surface area contributed by atoms with Crippen molar-refractivity contribution in [1.29, 1.82) is 0 Å². The topological polar surface area (TPSA) is 95.1 Å². The van der Waals surface area contributed by atoms with E-state index in [0.717, 1.165) is 33.7 Å². The number of ether oxygens (including phenoxy) is 4. The first-order valence-electron chi connectivity index (χ1n) is 15.9. The van der Waals surface area contributed by atoms with Crippen LogP contribution in [0.25, 0.3) is 0 Å². The molecule has 0 spiro atoms. The summed E-state index contributed by atoms with van der Waals surface area (Å²) in [6.45, 7) is 2.32.